The molecular weight excluding hydrogens is 146 g/mol. The van der Waals surface area contributed by atoms with Crippen LogP contribution in [0.1, 0.15) is 0 Å². The molecule has 0 aliphatic carbocycles. The first-order valence-corrected chi connectivity index (χ1v) is 2.92. The molecule has 0 fully saturated rings. The van der Waals surface area contributed by atoms with Crippen molar-refractivity contribution >= 4 is 17.2 Å². The largest absolute Gasteiger partial charge is 0.758 e. The van der Waals surface area contributed by atoms with Gasteiger partial charge in [0.05, 0.1) is 11.3 Å². The molecule has 0 heterocycles. The van der Waals surface area contributed by atoms with Crippen LogP contribution in [0.5, 0.6) is 0 Å². The van der Waals surface area contributed by atoms with E-state index in [1.807, 2.05) is 0 Å². The highest BCUT2D eigenvalue weighted by molar-refractivity contribution is 7.76. The molecule has 0 amide bonds. The van der Waals surface area contributed by atoms with Crippen molar-refractivity contribution in [3.05, 3.63) is 12.7 Å². The van der Waals surface area contributed by atoms with Gasteiger partial charge >= 0.3 is 5.97 Å². The summed E-state index contributed by atoms with van der Waals surface area (Å²) < 4.78 is 19.2. The molecule has 0 rings (SSSR count). The lowest BCUT2D eigenvalue weighted by Gasteiger charge is -2.03. The molecule has 0 aromatic carbocycles. The minimum Gasteiger partial charge on any atom is -0.758 e. The van der Waals surface area contributed by atoms with Crippen molar-refractivity contribution in [3.63, 3.8) is 0 Å². The fourth-order valence-electron chi connectivity index (χ4n) is 0.117. The van der Waals surface area contributed by atoms with Crippen LogP contribution in [0.4, 0.5) is 0 Å². The first-order chi connectivity index (χ1) is 4.16. The lowest BCUT2D eigenvalue weighted by molar-refractivity contribution is -0.141. The maximum Gasteiger partial charge on any atom is 0.349 e. The summed E-state index contributed by atoms with van der Waals surface area (Å²) in [4.78, 5) is 15.3. The number of nitrogens with one attached hydrogen (secondary N) is 1. The molecule has 0 aliphatic heterocycles. The van der Waals surface area contributed by atoms with E-state index in [0.29, 0.717) is 0 Å². The van der Waals surface area contributed by atoms with Gasteiger partial charge in [0.15, 0.2) is 0 Å². The van der Waals surface area contributed by atoms with Crippen LogP contribution in [0, 0.1) is 0 Å². The number of carbonyl (C=O) groups excluding carboxylic acids is 1. The average Bonchev–Trinajstić information content (AvgIpc) is 1.83. The van der Waals surface area contributed by atoms with E-state index in [2.05, 4.69) is 11.4 Å². The van der Waals surface area contributed by atoms with Gasteiger partial charge < -0.3 is 9.39 Å². The SMILES string of the molecule is C=CC(=O)ONS(=O)[O-]. The molecule has 1 atom stereocenters. The predicted octanol–water partition coefficient (Wildman–Crippen LogP) is -0.986. The fraction of sp³-hybridized carbons (Fsp3) is 0. The standard InChI is InChI=1S/C3H5NO4S/c1-2-3(5)8-4-9(6)7/h2,4H,1H2,(H,6,7)/p-1. The second-order valence-electron chi connectivity index (χ2n) is 0.943. The van der Waals surface area contributed by atoms with Crippen LogP contribution in [0.2, 0.25) is 0 Å². The van der Waals surface area contributed by atoms with E-state index in [-0.39, 0.29) is 0 Å². The summed E-state index contributed by atoms with van der Waals surface area (Å²) in [5.41, 5.74) is 0. The second-order valence-corrected chi connectivity index (χ2v) is 1.58. The molecule has 0 saturated carbocycles. The van der Waals surface area contributed by atoms with Gasteiger partial charge in [0.1, 0.15) is 0 Å². The molecule has 1 unspecified atom stereocenters. The van der Waals surface area contributed by atoms with Gasteiger partial charge in [-0.3, -0.25) is 4.21 Å². The van der Waals surface area contributed by atoms with Crippen LogP contribution in [0.25, 0.3) is 0 Å². The Morgan fingerprint density at radius 2 is 2.44 bits per heavy atom. The molecule has 1 N–H and O–H groups in total. The molecule has 6 heteroatoms. The number of carbonyl (C=O) groups is 1. The molecule has 0 aromatic heterocycles. The minimum atomic E-state index is -2.58. The highest BCUT2D eigenvalue weighted by Crippen LogP contribution is 1.72. The first-order valence-electron chi connectivity index (χ1n) is 1.85. The Kier molecular flexibility index (Phi) is 3.85. The Morgan fingerprint density at radius 1 is 1.89 bits per heavy atom. The van der Waals surface area contributed by atoms with E-state index < -0.39 is 17.2 Å². The van der Waals surface area contributed by atoms with Gasteiger partial charge in [-0.05, 0) is 0 Å². The van der Waals surface area contributed by atoms with Gasteiger partial charge in [0, 0.05) is 6.08 Å². The van der Waals surface area contributed by atoms with Crippen molar-refractivity contribution in [1.29, 1.82) is 0 Å². The summed E-state index contributed by atoms with van der Waals surface area (Å²) in [6, 6.07) is 0. The van der Waals surface area contributed by atoms with Crippen LogP contribution in [0.15, 0.2) is 12.7 Å². The number of rotatable bonds is 3. The maximum atomic E-state index is 10.0. The van der Waals surface area contributed by atoms with E-state index in [1.165, 1.54) is 4.89 Å². The number of hydrogen-bond donors (Lipinski definition) is 1. The van der Waals surface area contributed by atoms with E-state index in [0.717, 1.165) is 6.08 Å². The highest BCUT2D eigenvalue weighted by atomic mass is 32.2. The summed E-state index contributed by atoms with van der Waals surface area (Å²) in [6.45, 7) is 3.02. The Hall–Kier alpha value is -0.720. The van der Waals surface area contributed by atoms with Gasteiger partial charge in [-0.1, -0.05) is 11.5 Å². The third kappa shape index (κ3) is 5.15. The molecule has 0 saturated heterocycles. The van der Waals surface area contributed by atoms with Crippen LogP contribution in [0.3, 0.4) is 0 Å². The molecule has 0 aliphatic rings. The van der Waals surface area contributed by atoms with Crippen LogP contribution >= 0.6 is 0 Å². The van der Waals surface area contributed by atoms with Gasteiger partial charge in [0.2, 0.25) is 0 Å². The Morgan fingerprint density at radius 3 is 2.78 bits per heavy atom. The van der Waals surface area contributed by atoms with Crippen molar-refractivity contribution in [3.8, 4) is 0 Å². The van der Waals surface area contributed by atoms with Crippen LogP contribution in [-0.4, -0.2) is 14.7 Å². The van der Waals surface area contributed by atoms with E-state index >= 15 is 0 Å². The average molecular weight is 150 g/mol. The van der Waals surface area contributed by atoms with Gasteiger partial charge in [-0.15, -0.1) is 0 Å². The molecule has 0 spiro atoms. The smallest absolute Gasteiger partial charge is 0.349 e. The highest BCUT2D eigenvalue weighted by Gasteiger charge is 1.91. The van der Waals surface area contributed by atoms with E-state index in [4.69, 9.17) is 0 Å². The normalized spacial score (nSPS) is 12.1. The van der Waals surface area contributed by atoms with Crippen molar-refractivity contribution in [2.75, 3.05) is 0 Å². The third-order valence-electron chi connectivity index (χ3n) is 0.377. The lowest BCUT2D eigenvalue weighted by atomic mass is 10.7. The second kappa shape index (κ2) is 4.19. The molecule has 9 heavy (non-hydrogen) atoms. The zero-order chi connectivity index (χ0) is 7.28. The van der Waals surface area contributed by atoms with Crippen LogP contribution < -0.4 is 4.89 Å². The molecular formula is C3H4NO4S-. The zero-order valence-electron chi connectivity index (χ0n) is 4.33. The first kappa shape index (κ1) is 8.28. The zero-order valence-corrected chi connectivity index (χ0v) is 5.14. The predicted molar refractivity (Wildman–Crippen MR) is 28.3 cm³/mol. The Labute approximate surface area is 54.1 Å². The summed E-state index contributed by atoms with van der Waals surface area (Å²) in [7, 11) is 0. The van der Waals surface area contributed by atoms with Crippen molar-refractivity contribution in [2.45, 2.75) is 0 Å². The Balaban J connectivity index is 3.39. The molecule has 52 valence electrons. The summed E-state index contributed by atoms with van der Waals surface area (Å²) >= 11 is -2.58. The van der Waals surface area contributed by atoms with Gasteiger partial charge in [0.25, 0.3) is 0 Å². The van der Waals surface area contributed by atoms with Gasteiger partial charge in [-0.2, -0.15) is 0 Å². The minimum absolute atomic E-state index is 0.833. The quantitative estimate of drug-likeness (QED) is 0.318. The van der Waals surface area contributed by atoms with Crippen molar-refractivity contribution < 1.29 is 18.4 Å². The molecule has 0 radical (unpaired) electrons. The summed E-state index contributed by atoms with van der Waals surface area (Å²) in [6.07, 6.45) is 0.833. The molecule has 0 aromatic rings. The number of hydrogen-bond acceptors (Lipinski definition) is 4. The monoisotopic (exact) mass is 150 g/mol. The third-order valence-corrected chi connectivity index (χ3v) is 0.596. The Bertz CT molecular complexity index is 145. The van der Waals surface area contributed by atoms with Crippen LogP contribution in [-0.2, 0) is 20.9 Å². The maximum absolute atomic E-state index is 10.0. The topological polar surface area (TPSA) is 78.5 Å². The molecule has 5 nitrogen and oxygen atoms in total. The fourth-order valence-corrected chi connectivity index (χ4v) is 0.267. The molecule has 0 bridgehead atoms. The summed E-state index contributed by atoms with van der Waals surface area (Å²) in [5, 5.41) is 0. The summed E-state index contributed by atoms with van der Waals surface area (Å²) in [5.74, 6) is -0.848. The van der Waals surface area contributed by atoms with E-state index in [1.54, 1.807) is 0 Å². The van der Waals surface area contributed by atoms with Crippen molar-refractivity contribution in [1.82, 2.24) is 4.89 Å². The van der Waals surface area contributed by atoms with Crippen molar-refractivity contribution in [2.24, 2.45) is 0 Å². The van der Waals surface area contributed by atoms with E-state index in [9.17, 15) is 13.6 Å². The van der Waals surface area contributed by atoms with Gasteiger partial charge in [-0.25, -0.2) is 4.79 Å². The lowest BCUT2D eigenvalue weighted by Crippen LogP contribution is -2.20.